The number of thioether (sulfide) groups is 1. The van der Waals surface area contributed by atoms with Crippen molar-refractivity contribution in [2.75, 3.05) is 29.3 Å². The molecule has 0 aromatic heterocycles. The predicted molar refractivity (Wildman–Crippen MR) is 84.0 cm³/mol. The van der Waals surface area contributed by atoms with Crippen LogP contribution in [0.3, 0.4) is 0 Å². The van der Waals surface area contributed by atoms with Gasteiger partial charge in [-0.3, -0.25) is 0 Å². The van der Waals surface area contributed by atoms with Crippen LogP contribution in [0.15, 0.2) is 29.2 Å². The molecule has 0 saturated carbocycles. The molecule has 1 aliphatic rings. The van der Waals surface area contributed by atoms with E-state index in [0.29, 0.717) is 0 Å². The van der Waals surface area contributed by atoms with Crippen LogP contribution in [0.1, 0.15) is 26.3 Å². The Labute approximate surface area is 112 Å². The van der Waals surface area contributed by atoms with Crippen LogP contribution in [0.2, 0.25) is 0 Å². The van der Waals surface area contributed by atoms with E-state index in [9.17, 15) is 0 Å². The fourth-order valence-electron chi connectivity index (χ4n) is 2.21. The van der Waals surface area contributed by atoms with Crippen molar-refractivity contribution in [3.63, 3.8) is 0 Å². The first-order valence-corrected chi connectivity index (χ1v) is 9.87. The Hall–Kier alpha value is -0.0800. The Morgan fingerprint density at radius 2 is 1.53 bits per heavy atom. The summed E-state index contributed by atoms with van der Waals surface area (Å²) in [5.41, 5.74) is 1.73. The molecule has 0 aliphatic carbocycles. The second-order valence-electron chi connectivity index (χ2n) is 6.07. The molecule has 1 fully saturated rings. The molecule has 0 N–H and O–H groups in total. The Balaban J connectivity index is 2.23. The van der Waals surface area contributed by atoms with Gasteiger partial charge in [-0.05, 0) is 45.8 Å². The molecule has 0 radical (unpaired) electrons. The minimum atomic E-state index is -0.502. The highest BCUT2D eigenvalue weighted by atomic mass is 32.3. The zero-order valence-corrected chi connectivity index (χ0v) is 13.1. The Morgan fingerprint density at radius 1 is 1.00 bits per heavy atom. The quantitative estimate of drug-likeness (QED) is 0.721. The lowest BCUT2D eigenvalue weighted by Gasteiger charge is -2.40. The van der Waals surface area contributed by atoms with Gasteiger partial charge in [0.25, 0.3) is 0 Å². The van der Waals surface area contributed by atoms with Crippen molar-refractivity contribution >= 4 is 21.8 Å². The van der Waals surface area contributed by atoms with E-state index in [1.165, 1.54) is 28.6 Å². The SMILES string of the molecule is CC(C)(C)c1ccc(S2(C)CCSCC2)cc1. The molecular weight excluding hydrogens is 244 g/mol. The van der Waals surface area contributed by atoms with Gasteiger partial charge in [0.1, 0.15) is 0 Å². The summed E-state index contributed by atoms with van der Waals surface area (Å²) in [6, 6.07) is 9.47. The van der Waals surface area contributed by atoms with Crippen molar-refractivity contribution in [2.24, 2.45) is 0 Å². The van der Waals surface area contributed by atoms with Crippen molar-refractivity contribution in [3.05, 3.63) is 29.8 Å². The fourth-order valence-corrected chi connectivity index (χ4v) is 7.77. The van der Waals surface area contributed by atoms with E-state index in [1.54, 1.807) is 4.90 Å². The van der Waals surface area contributed by atoms with E-state index < -0.39 is 10.0 Å². The average Bonchev–Trinajstić information content (AvgIpc) is 2.29. The molecule has 1 aromatic carbocycles. The third kappa shape index (κ3) is 3.03. The Kier molecular flexibility index (Phi) is 3.84. The van der Waals surface area contributed by atoms with Gasteiger partial charge in [-0.15, -0.1) is 0 Å². The molecule has 0 unspecified atom stereocenters. The van der Waals surface area contributed by atoms with E-state index in [1.807, 2.05) is 0 Å². The monoisotopic (exact) mass is 268 g/mol. The zero-order valence-electron chi connectivity index (χ0n) is 11.5. The molecule has 1 aliphatic heterocycles. The van der Waals surface area contributed by atoms with E-state index in [4.69, 9.17) is 0 Å². The highest BCUT2D eigenvalue weighted by Gasteiger charge is 2.24. The Morgan fingerprint density at radius 3 is 2.00 bits per heavy atom. The summed E-state index contributed by atoms with van der Waals surface area (Å²) in [5.74, 6) is 5.53. The van der Waals surface area contributed by atoms with Gasteiger partial charge in [-0.1, -0.05) is 32.9 Å². The third-order valence-corrected chi connectivity index (χ3v) is 8.77. The van der Waals surface area contributed by atoms with Crippen molar-refractivity contribution in [1.82, 2.24) is 0 Å². The largest absolute Gasteiger partial charge is 0.216 e. The molecule has 1 aromatic rings. The zero-order chi connectivity index (χ0) is 12.5. The molecule has 0 bridgehead atoms. The number of hydrogen-bond donors (Lipinski definition) is 0. The van der Waals surface area contributed by atoms with Crippen LogP contribution in [0.4, 0.5) is 0 Å². The molecule has 0 spiro atoms. The molecule has 0 atom stereocenters. The van der Waals surface area contributed by atoms with Gasteiger partial charge in [0, 0.05) is 11.5 Å². The molecule has 1 heterocycles. The number of benzene rings is 1. The average molecular weight is 268 g/mol. The first-order valence-electron chi connectivity index (χ1n) is 6.34. The van der Waals surface area contributed by atoms with Gasteiger partial charge < -0.3 is 0 Å². The van der Waals surface area contributed by atoms with E-state index in [2.05, 4.69) is 63.1 Å². The maximum atomic E-state index is 2.51. The molecule has 1 saturated heterocycles. The van der Waals surface area contributed by atoms with E-state index >= 15 is 0 Å². The van der Waals surface area contributed by atoms with Gasteiger partial charge >= 0.3 is 0 Å². The molecular formula is C15H24S2. The number of rotatable bonds is 1. The van der Waals surface area contributed by atoms with Crippen molar-refractivity contribution in [1.29, 1.82) is 0 Å². The fraction of sp³-hybridized carbons (Fsp3) is 0.600. The maximum absolute atomic E-state index is 2.51. The van der Waals surface area contributed by atoms with E-state index in [0.717, 1.165) is 0 Å². The smallest absolute Gasteiger partial charge is 0.00123 e. The molecule has 2 rings (SSSR count). The second kappa shape index (κ2) is 4.89. The minimum Gasteiger partial charge on any atom is -0.216 e. The minimum absolute atomic E-state index is 0.275. The first kappa shape index (κ1) is 13.4. The third-order valence-electron chi connectivity index (χ3n) is 3.65. The molecule has 2 heteroatoms. The lowest BCUT2D eigenvalue weighted by atomic mass is 9.87. The van der Waals surface area contributed by atoms with Crippen LogP contribution in [-0.2, 0) is 5.41 Å². The van der Waals surface area contributed by atoms with Crippen LogP contribution in [-0.4, -0.2) is 29.3 Å². The van der Waals surface area contributed by atoms with Gasteiger partial charge in [-0.2, -0.15) is 11.8 Å². The highest BCUT2D eigenvalue weighted by molar-refractivity contribution is 8.34. The van der Waals surface area contributed by atoms with Crippen LogP contribution >= 0.6 is 21.8 Å². The molecule has 96 valence electrons. The van der Waals surface area contributed by atoms with Crippen molar-refractivity contribution in [3.8, 4) is 0 Å². The van der Waals surface area contributed by atoms with Gasteiger partial charge in [0.15, 0.2) is 0 Å². The van der Waals surface area contributed by atoms with Crippen LogP contribution in [0, 0.1) is 0 Å². The molecule has 0 nitrogen and oxygen atoms in total. The van der Waals surface area contributed by atoms with Gasteiger partial charge in [0.05, 0.1) is 0 Å². The summed E-state index contributed by atoms with van der Waals surface area (Å²) in [6.07, 6.45) is 2.51. The number of hydrogen-bond acceptors (Lipinski definition) is 1. The Bertz CT molecular complexity index is 367. The lowest BCUT2D eigenvalue weighted by Crippen LogP contribution is -2.18. The summed E-state index contributed by atoms with van der Waals surface area (Å²) in [7, 11) is -0.502. The summed E-state index contributed by atoms with van der Waals surface area (Å²) in [6.45, 7) is 6.86. The van der Waals surface area contributed by atoms with Gasteiger partial charge in [-0.25, -0.2) is 10.0 Å². The maximum Gasteiger partial charge on any atom is 0.00123 e. The van der Waals surface area contributed by atoms with Crippen LogP contribution < -0.4 is 0 Å². The highest BCUT2D eigenvalue weighted by Crippen LogP contribution is 2.55. The molecule has 17 heavy (non-hydrogen) atoms. The van der Waals surface area contributed by atoms with Crippen LogP contribution in [0.25, 0.3) is 0 Å². The van der Waals surface area contributed by atoms with Gasteiger partial charge in [0.2, 0.25) is 0 Å². The first-order chi connectivity index (χ1) is 7.92. The standard InChI is InChI=1S/C15H24S2/c1-15(2,3)13-5-7-14(8-6-13)17(4)11-9-16-10-12-17/h5-8H,9-12H2,1-4H3. The van der Waals surface area contributed by atoms with Crippen molar-refractivity contribution < 1.29 is 0 Å². The second-order valence-corrected chi connectivity index (χ2v) is 11.1. The summed E-state index contributed by atoms with van der Waals surface area (Å²) in [4.78, 5) is 1.62. The van der Waals surface area contributed by atoms with Crippen LogP contribution in [0.5, 0.6) is 0 Å². The lowest BCUT2D eigenvalue weighted by molar-refractivity contribution is 0.589. The van der Waals surface area contributed by atoms with E-state index in [-0.39, 0.29) is 5.41 Å². The normalized spacial score (nSPS) is 22.1. The summed E-state index contributed by atoms with van der Waals surface area (Å²) < 4.78 is 0. The van der Waals surface area contributed by atoms with Crippen molar-refractivity contribution in [2.45, 2.75) is 31.1 Å². The molecule has 0 amide bonds. The summed E-state index contributed by atoms with van der Waals surface area (Å²) >= 11 is 2.12. The topological polar surface area (TPSA) is 0 Å². The predicted octanol–water partition coefficient (Wildman–Crippen LogP) is 4.52. The summed E-state index contributed by atoms with van der Waals surface area (Å²) in [5, 5.41) is 0.